The Hall–Kier alpha value is -2.11. The summed E-state index contributed by atoms with van der Waals surface area (Å²) < 4.78 is 53.3. The normalized spacial score (nSPS) is 17.3. The summed E-state index contributed by atoms with van der Waals surface area (Å²) >= 11 is 1.51. The van der Waals surface area contributed by atoms with Gasteiger partial charge < -0.3 is 10.2 Å². The summed E-state index contributed by atoms with van der Waals surface area (Å²) in [6.45, 7) is 0.557. The molecule has 1 fully saturated rings. The van der Waals surface area contributed by atoms with E-state index in [1.807, 2.05) is 10.1 Å². The van der Waals surface area contributed by atoms with Crippen molar-refractivity contribution in [3.8, 4) is 0 Å². The van der Waals surface area contributed by atoms with Gasteiger partial charge >= 0.3 is 0 Å². The quantitative estimate of drug-likeness (QED) is 0.714. The Bertz CT molecular complexity index is 886. The van der Waals surface area contributed by atoms with Gasteiger partial charge in [-0.3, -0.25) is 4.79 Å². The average Bonchev–Trinajstić information content (AvgIpc) is 3.28. The number of aromatic nitrogens is 1. The molecular weight excluding hydrogens is 398 g/mol. The highest BCUT2D eigenvalue weighted by Gasteiger charge is 2.27. The van der Waals surface area contributed by atoms with Crippen molar-refractivity contribution in [1.29, 1.82) is 0 Å². The van der Waals surface area contributed by atoms with Crippen molar-refractivity contribution in [1.82, 2.24) is 15.0 Å². The topological polar surface area (TPSA) is 91.4 Å². The molecule has 0 spiro atoms. The fourth-order valence-electron chi connectivity index (χ4n) is 2.92. The standard InChI is InChI=1S/C16H18F2N4O3S2/c17-12-4-1-5-13(18)15(12)27(24,25)21-10-14(23)20-9-11-3-2-7-22(11)16-19-6-8-26-16/h1,4-6,8,11,21H,2-3,7,9-10H2,(H,20,23). The molecule has 27 heavy (non-hydrogen) atoms. The molecule has 1 atom stereocenters. The number of carbonyl (C=O) groups excluding carboxylic acids is 1. The van der Waals surface area contributed by atoms with Gasteiger partial charge in [0.2, 0.25) is 15.9 Å². The van der Waals surface area contributed by atoms with E-state index in [0.717, 1.165) is 42.7 Å². The summed E-state index contributed by atoms with van der Waals surface area (Å²) in [7, 11) is -4.48. The molecule has 0 bridgehead atoms. The van der Waals surface area contributed by atoms with Crippen LogP contribution in [0.3, 0.4) is 0 Å². The van der Waals surface area contributed by atoms with Gasteiger partial charge in [0.05, 0.1) is 6.54 Å². The van der Waals surface area contributed by atoms with E-state index in [9.17, 15) is 22.0 Å². The van der Waals surface area contributed by atoms with Gasteiger partial charge in [0, 0.05) is 30.7 Å². The molecule has 1 saturated heterocycles. The fraction of sp³-hybridized carbons (Fsp3) is 0.375. The van der Waals surface area contributed by atoms with Gasteiger partial charge in [-0.2, -0.15) is 0 Å². The van der Waals surface area contributed by atoms with Crippen LogP contribution in [0.1, 0.15) is 12.8 Å². The monoisotopic (exact) mass is 416 g/mol. The van der Waals surface area contributed by atoms with Crippen LogP contribution in [0.5, 0.6) is 0 Å². The van der Waals surface area contributed by atoms with Crippen LogP contribution < -0.4 is 14.9 Å². The molecule has 1 aliphatic rings. The van der Waals surface area contributed by atoms with E-state index in [4.69, 9.17) is 0 Å². The van der Waals surface area contributed by atoms with E-state index < -0.39 is 39.0 Å². The number of nitrogens with zero attached hydrogens (tertiary/aromatic N) is 2. The van der Waals surface area contributed by atoms with Gasteiger partial charge in [-0.15, -0.1) is 11.3 Å². The highest BCUT2D eigenvalue weighted by Crippen LogP contribution is 2.26. The van der Waals surface area contributed by atoms with E-state index in [1.54, 1.807) is 6.20 Å². The van der Waals surface area contributed by atoms with Crippen molar-refractivity contribution in [2.75, 3.05) is 24.5 Å². The Labute approximate surface area is 159 Å². The molecule has 0 aliphatic carbocycles. The fourth-order valence-corrected chi connectivity index (χ4v) is 4.78. The van der Waals surface area contributed by atoms with Crippen LogP contribution in [-0.2, 0) is 14.8 Å². The maximum absolute atomic E-state index is 13.6. The maximum atomic E-state index is 13.6. The minimum absolute atomic E-state index is 0.0701. The van der Waals surface area contributed by atoms with Gasteiger partial charge in [-0.05, 0) is 25.0 Å². The molecule has 1 aliphatic heterocycles. The summed E-state index contributed by atoms with van der Waals surface area (Å²) in [5, 5.41) is 5.40. The number of thiazole rings is 1. The third kappa shape index (κ3) is 4.60. The minimum atomic E-state index is -4.48. The molecule has 146 valence electrons. The Kier molecular flexibility index (Phi) is 6.02. The molecular formula is C16H18F2N4O3S2. The summed E-state index contributed by atoms with van der Waals surface area (Å²) in [5.41, 5.74) is 0. The van der Waals surface area contributed by atoms with E-state index in [-0.39, 0.29) is 6.04 Å². The van der Waals surface area contributed by atoms with Crippen LogP contribution in [0, 0.1) is 11.6 Å². The first kappa shape index (κ1) is 19.6. The molecule has 1 unspecified atom stereocenters. The molecule has 2 aromatic rings. The summed E-state index contributed by atoms with van der Waals surface area (Å²) in [5.74, 6) is -3.01. The molecule has 0 saturated carbocycles. The lowest BCUT2D eigenvalue weighted by Gasteiger charge is -2.24. The van der Waals surface area contributed by atoms with E-state index in [2.05, 4.69) is 15.2 Å². The first-order valence-electron chi connectivity index (χ1n) is 8.25. The molecule has 11 heteroatoms. The number of hydrogen-bond acceptors (Lipinski definition) is 6. The highest BCUT2D eigenvalue weighted by atomic mass is 32.2. The number of halogens is 2. The van der Waals surface area contributed by atoms with Gasteiger partial charge in [0.1, 0.15) is 11.6 Å². The average molecular weight is 416 g/mol. The molecule has 2 N–H and O–H groups in total. The molecule has 2 heterocycles. The number of benzene rings is 1. The second-order valence-electron chi connectivity index (χ2n) is 5.98. The Morgan fingerprint density at radius 1 is 1.33 bits per heavy atom. The molecule has 1 aromatic carbocycles. The van der Waals surface area contributed by atoms with Crippen molar-refractivity contribution in [2.45, 2.75) is 23.8 Å². The lowest BCUT2D eigenvalue weighted by molar-refractivity contribution is -0.120. The SMILES string of the molecule is O=C(CNS(=O)(=O)c1c(F)cccc1F)NCC1CCCN1c1nccs1. The van der Waals surface area contributed by atoms with Gasteiger partial charge in [0.15, 0.2) is 10.0 Å². The Morgan fingerprint density at radius 3 is 2.74 bits per heavy atom. The Balaban J connectivity index is 1.54. The smallest absolute Gasteiger partial charge is 0.246 e. The van der Waals surface area contributed by atoms with Crippen LogP contribution in [-0.4, -0.2) is 45.0 Å². The largest absolute Gasteiger partial charge is 0.353 e. The number of sulfonamides is 1. The number of rotatable bonds is 7. The summed E-state index contributed by atoms with van der Waals surface area (Å²) in [4.78, 5) is 17.3. The second-order valence-corrected chi connectivity index (χ2v) is 8.56. The van der Waals surface area contributed by atoms with E-state index >= 15 is 0 Å². The van der Waals surface area contributed by atoms with E-state index in [1.165, 1.54) is 11.3 Å². The van der Waals surface area contributed by atoms with Crippen molar-refractivity contribution < 1.29 is 22.0 Å². The van der Waals surface area contributed by atoms with Crippen molar-refractivity contribution >= 4 is 32.4 Å². The lowest BCUT2D eigenvalue weighted by atomic mass is 10.2. The number of hydrogen-bond donors (Lipinski definition) is 2. The lowest BCUT2D eigenvalue weighted by Crippen LogP contribution is -2.44. The third-order valence-electron chi connectivity index (χ3n) is 4.19. The number of nitrogens with one attached hydrogen (secondary N) is 2. The predicted molar refractivity (Wildman–Crippen MR) is 97.0 cm³/mol. The molecule has 1 aromatic heterocycles. The second kappa shape index (κ2) is 8.28. The molecule has 1 amide bonds. The summed E-state index contributed by atoms with van der Waals surface area (Å²) in [6, 6.07) is 2.81. The zero-order valence-electron chi connectivity index (χ0n) is 14.2. The first-order chi connectivity index (χ1) is 12.9. The molecule has 0 radical (unpaired) electrons. The zero-order chi connectivity index (χ0) is 19.4. The number of anilines is 1. The number of carbonyl (C=O) groups is 1. The zero-order valence-corrected chi connectivity index (χ0v) is 15.8. The highest BCUT2D eigenvalue weighted by molar-refractivity contribution is 7.89. The van der Waals surface area contributed by atoms with Gasteiger partial charge in [-0.25, -0.2) is 26.9 Å². The van der Waals surface area contributed by atoms with E-state index in [0.29, 0.717) is 6.54 Å². The van der Waals surface area contributed by atoms with Gasteiger partial charge in [-0.1, -0.05) is 6.07 Å². The first-order valence-corrected chi connectivity index (χ1v) is 10.6. The predicted octanol–water partition coefficient (Wildman–Crippen LogP) is 1.48. The summed E-state index contributed by atoms with van der Waals surface area (Å²) in [6.07, 6.45) is 3.57. The maximum Gasteiger partial charge on any atom is 0.246 e. The Morgan fingerprint density at radius 2 is 2.07 bits per heavy atom. The van der Waals surface area contributed by atoms with Crippen LogP contribution in [0.2, 0.25) is 0 Å². The third-order valence-corrected chi connectivity index (χ3v) is 6.45. The van der Waals surface area contributed by atoms with Crippen molar-refractivity contribution in [3.05, 3.63) is 41.4 Å². The minimum Gasteiger partial charge on any atom is -0.353 e. The molecule has 7 nitrogen and oxygen atoms in total. The van der Waals surface area contributed by atoms with Crippen LogP contribution in [0.4, 0.5) is 13.9 Å². The van der Waals surface area contributed by atoms with Crippen molar-refractivity contribution in [2.24, 2.45) is 0 Å². The van der Waals surface area contributed by atoms with Gasteiger partial charge in [0.25, 0.3) is 0 Å². The number of amides is 1. The van der Waals surface area contributed by atoms with Crippen LogP contribution in [0.25, 0.3) is 0 Å². The van der Waals surface area contributed by atoms with Crippen LogP contribution >= 0.6 is 11.3 Å². The molecule has 3 rings (SSSR count). The van der Waals surface area contributed by atoms with Crippen LogP contribution in [0.15, 0.2) is 34.7 Å². The van der Waals surface area contributed by atoms with Crippen molar-refractivity contribution in [3.63, 3.8) is 0 Å².